The Balaban J connectivity index is 1.24. The minimum Gasteiger partial charge on any atom is -0.497 e. The maximum atomic E-state index is 12.9. The number of rotatable bonds is 5. The standard InChI is InChI=1S/C22H23ClN6O3/c1-32-17-4-2-3-16(11-17)24-20(30)13-29-22(31)27-9-10-28-19(21(27)26-29)12-18(25-28)14-5-7-15(23)8-6-14/h2-11,18-19,21,25-26H,12-13H2,1H3,(H,24,30). The smallest absolute Gasteiger partial charge is 0.340 e. The Morgan fingerprint density at radius 3 is 2.78 bits per heavy atom. The molecule has 0 aromatic heterocycles. The summed E-state index contributed by atoms with van der Waals surface area (Å²) in [7, 11) is 1.57. The van der Waals surface area contributed by atoms with Crippen LogP contribution in [0.3, 0.4) is 0 Å². The highest BCUT2D eigenvalue weighted by atomic mass is 35.5. The van der Waals surface area contributed by atoms with Crippen LogP contribution in [0.2, 0.25) is 5.02 Å². The second-order valence-corrected chi connectivity index (χ2v) is 8.31. The number of urea groups is 1. The van der Waals surface area contributed by atoms with Gasteiger partial charge in [-0.25, -0.2) is 20.7 Å². The Hall–Kier alpha value is -3.27. The molecule has 3 atom stereocenters. The minimum atomic E-state index is -0.302. The van der Waals surface area contributed by atoms with Crippen LogP contribution in [0.1, 0.15) is 18.0 Å². The Morgan fingerprint density at radius 1 is 1.19 bits per heavy atom. The third-order valence-electron chi connectivity index (χ3n) is 5.86. The van der Waals surface area contributed by atoms with Crippen molar-refractivity contribution in [3.8, 4) is 5.75 Å². The lowest BCUT2D eigenvalue weighted by atomic mass is 10.00. The average Bonchev–Trinajstić information content (AvgIpc) is 3.36. The number of nitrogens with zero attached hydrogens (tertiary/aromatic N) is 3. The number of benzene rings is 2. The van der Waals surface area contributed by atoms with Crippen LogP contribution < -0.4 is 20.9 Å². The molecule has 3 N–H and O–H groups in total. The van der Waals surface area contributed by atoms with Crippen LogP contribution >= 0.6 is 11.6 Å². The molecule has 0 radical (unpaired) electrons. The topological polar surface area (TPSA) is 89.2 Å². The molecule has 0 spiro atoms. The van der Waals surface area contributed by atoms with E-state index in [0.717, 1.165) is 12.0 Å². The fourth-order valence-corrected chi connectivity index (χ4v) is 4.41. The Bertz CT molecular complexity index is 1060. The maximum absolute atomic E-state index is 12.9. The van der Waals surface area contributed by atoms with Crippen molar-refractivity contribution in [3.05, 3.63) is 71.5 Å². The lowest BCUT2D eigenvalue weighted by molar-refractivity contribution is -0.117. The molecule has 0 aliphatic carbocycles. The zero-order valence-electron chi connectivity index (χ0n) is 17.4. The Labute approximate surface area is 190 Å². The van der Waals surface area contributed by atoms with Crippen LogP contribution in [0, 0.1) is 0 Å². The number of methoxy groups -OCH3 is 1. The second-order valence-electron chi connectivity index (χ2n) is 7.87. The lowest BCUT2D eigenvalue weighted by Crippen LogP contribution is -2.54. The van der Waals surface area contributed by atoms with Crippen molar-refractivity contribution in [2.24, 2.45) is 0 Å². The van der Waals surface area contributed by atoms with Crippen LogP contribution in [0.25, 0.3) is 0 Å². The van der Waals surface area contributed by atoms with E-state index >= 15 is 0 Å². The molecule has 0 saturated carbocycles. The fourth-order valence-electron chi connectivity index (χ4n) is 4.29. The predicted molar refractivity (Wildman–Crippen MR) is 119 cm³/mol. The molecule has 2 aromatic carbocycles. The molecule has 3 unspecified atom stereocenters. The molecule has 166 valence electrons. The van der Waals surface area contributed by atoms with Crippen molar-refractivity contribution in [2.45, 2.75) is 24.7 Å². The molecule has 0 bridgehead atoms. The van der Waals surface area contributed by atoms with E-state index in [1.807, 2.05) is 35.5 Å². The van der Waals surface area contributed by atoms with Gasteiger partial charge in [0, 0.05) is 29.2 Å². The number of halogens is 1. The first-order chi connectivity index (χ1) is 15.5. The van der Waals surface area contributed by atoms with Crippen LogP contribution in [0.15, 0.2) is 60.9 Å². The van der Waals surface area contributed by atoms with Crippen molar-refractivity contribution in [1.29, 1.82) is 0 Å². The summed E-state index contributed by atoms with van der Waals surface area (Å²) in [6, 6.07) is 14.7. The molecule has 10 heteroatoms. The number of amides is 3. The Morgan fingerprint density at radius 2 is 2.00 bits per heavy atom. The van der Waals surface area contributed by atoms with E-state index in [4.69, 9.17) is 16.3 Å². The van der Waals surface area contributed by atoms with Gasteiger partial charge in [0.1, 0.15) is 18.5 Å². The number of hydrazine groups is 2. The highest BCUT2D eigenvalue weighted by Gasteiger charge is 2.48. The molecule has 5 rings (SSSR count). The summed E-state index contributed by atoms with van der Waals surface area (Å²) in [5.74, 6) is 0.341. The first kappa shape index (κ1) is 20.6. The van der Waals surface area contributed by atoms with Crippen LogP contribution in [-0.2, 0) is 4.79 Å². The van der Waals surface area contributed by atoms with Gasteiger partial charge in [-0.3, -0.25) is 9.69 Å². The summed E-state index contributed by atoms with van der Waals surface area (Å²) in [6.45, 7) is -0.113. The first-order valence-electron chi connectivity index (χ1n) is 10.3. The van der Waals surface area contributed by atoms with Gasteiger partial charge in [0.15, 0.2) is 0 Å². The molecule has 3 heterocycles. The van der Waals surface area contributed by atoms with Gasteiger partial charge in [-0.1, -0.05) is 29.8 Å². The summed E-state index contributed by atoms with van der Waals surface area (Å²) in [4.78, 5) is 27.1. The molecule has 2 saturated heterocycles. The molecule has 32 heavy (non-hydrogen) atoms. The van der Waals surface area contributed by atoms with Crippen LogP contribution in [-0.4, -0.2) is 52.7 Å². The SMILES string of the molecule is COc1cccc(NC(=O)CN2NC3C4CC(c5ccc(Cl)cc5)NN4C=CN3C2=O)c1. The van der Waals surface area contributed by atoms with Gasteiger partial charge >= 0.3 is 6.03 Å². The molecule has 9 nitrogen and oxygen atoms in total. The van der Waals surface area contributed by atoms with E-state index in [1.54, 1.807) is 42.5 Å². The summed E-state index contributed by atoms with van der Waals surface area (Å²) in [6.07, 6.45) is 4.10. The highest BCUT2D eigenvalue weighted by molar-refractivity contribution is 6.30. The van der Waals surface area contributed by atoms with Gasteiger partial charge in [-0.2, -0.15) is 0 Å². The van der Waals surface area contributed by atoms with Gasteiger partial charge in [-0.05, 0) is 36.2 Å². The highest BCUT2D eigenvalue weighted by Crippen LogP contribution is 2.34. The Kier molecular flexibility index (Phi) is 5.38. The van der Waals surface area contributed by atoms with Crippen LogP contribution in [0.5, 0.6) is 5.75 Å². The number of nitrogens with one attached hydrogen (secondary N) is 3. The molecular weight excluding hydrogens is 432 g/mol. The number of carbonyl (C=O) groups excluding carboxylic acids is 2. The van der Waals surface area contributed by atoms with Crippen molar-refractivity contribution in [3.63, 3.8) is 0 Å². The summed E-state index contributed by atoms with van der Waals surface area (Å²) >= 11 is 6.01. The van der Waals surface area contributed by atoms with Gasteiger partial charge in [-0.15, -0.1) is 0 Å². The molecule has 3 aliphatic heterocycles. The van der Waals surface area contributed by atoms with E-state index < -0.39 is 0 Å². The summed E-state index contributed by atoms with van der Waals surface area (Å²) in [5.41, 5.74) is 8.41. The number of hydrogen-bond donors (Lipinski definition) is 3. The van der Waals surface area contributed by atoms with E-state index in [0.29, 0.717) is 16.5 Å². The largest absolute Gasteiger partial charge is 0.497 e. The number of ether oxygens (including phenoxy) is 1. The zero-order valence-corrected chi connectivity index (χ0v) is 18.1. The number of hydrogen-bond acceptors (Lipinski definition) is 6. The zero-order chi connectivity index (χ0) is 22.2. The maximum Gasteiger partial charge on any atom is 0.340 e. The molecular formula is C22H23ClN6O3. The number of carbonyl (C=O) groups is 2. The van der Waals surface area contributed by atoms with Crippen molar-refractivity contribution in [1.82, 2.24) is 25.8 Å². The predicted octanol–water partition coefficient (Wildman–Crippen LogP) is 2.66. The normalized spacial score (nSPS) is 23.9. The first-order valence-corrected chi connectivity index (χ1v) is 10.7. The van der Waals surface area contributed by atoms with E-state index in [2.05, 4.69) is 16.2 Å². The van der Waals surface area contributed by atoms with Gasteiger partial charge in [0.2, 0.25) is 5.91 Å². The van der Waals surface area contributed by atoms with Gasteiger partial charge < -0.3 is 15.1 Å². The number of fused-ring (bicyclic) bond motifs is 3. The van der Waals surface area contributed by atoms with Crippen molar-refractivity contribution < 1.29 is 14.3 Å². The summed E-state index contributed by atoms with van der Waals surface area (Å²) in [5, 5.41) is 6.86. The van der Waals surface area contributed by atoms with E-state index in [1.165, 1.54) is 5.01 Å². The lowest BCUT2D eigenvalue weighted by Gasteiger charge is -2.34. The third kappa shape index (κ3) is 3.86. The minimum absolute atomic E-state index is 0.0103. The second kappa shape index (κ2) is 8.34. The molecule has 3 amide bonds. The average molecular weight is 455 g/mol. The summed E-state index contributed by atoms with van der Waals surface area (Å²) < 4.78 is 5.18. The van der Waals surface area contributed by atoms with Gasteiger partial charge in [0.05, 0.1) is 19.2 Å². The van der Waals surface area contributed by atoms with E-state index in [-0.39, 0.29) is 36.7 Å². The van der Waals surface area contributed by atoms with E-state index in [9.17, 15) is 9.59 Å². The molecule has 2 fully saturated rings. The molecule has 3 aliphatic rings. The molecule has 2 aromatic rings. The van der Waals surface area contributed by atoms with Crippen molar-refractivity contribution >= 4 is 29.2 Å². The number of anilines is 1. The monoisotopic (exact) mass is 454 g/mol. The third-order valence-corrected chi connectivity index (χ3v) is 6.11. The van der Waals surface area contributed by atoms with Crippen LogP contribution in [0.4, 0.5) is 10.5 Å². The van der Waals surface area contributed by atoms with Gasteiger partial charge in [0.25, 0.3) is 0 Å². The quantitative estimate of drug-likeness (QED) is 0.643. The van der Waals surface area contributed by atoms with Crippen molar-refractivity contribution in [2.75, 3.05) is 19.0 Å². The fraction of sp³-hybridized carbons (Fsp3) is 0.273.